The number of aliphatic carboxylic acids is 1. The molecule has 15 heavy (non-hydrogen) atoms. The Kier molecular flexibility index (Phi) is 3.52. The van der Waals surface area contributed by atoms with Gasteiger partial charge in [-0.05, 0) is 26.3 Å². The Morgan fingerprint density at radius 2 is 2.20 bits per heavy atom. The van der Waals surface area contributed by atoms with E-state index in [1.807, 2.05) is 13.8 Å². The fraction of sp³-hybridized carbons (Fsp3) is 0.400. The van der Waals surface area contributed by atoms with Gasteiger partial charge in [0, 0.05) is 6.08 Å². The molecule has 4 nitrogen and oxygen atoms in total. The number of nitrogens with zero attached hydrogens (tertiary/aromatic N) is 2. The molecule has 0 radical (unpaired) electrons. The molecule has 82 valence electrons. The molecule has 0 aliphatic rings. The van der Waals surface area contributed by atoms with Crippen LogP contribution in [0.3, 0.4) is 0 Å². The number of aromatic nitrogens is 2. The number of halogens is 1. The van der Waals surface area contributed by atoms with E-state index in [-0.39, 0.29) is 0 Å². The van der Waals surface area contributed by atoms with Crippen LogP contribution >= 0.6 is 11.6 Å². The first-order valence-corrected chi connectivity index (χ1v) is 4.89. The molecule has 0 aliphatic heterocycles. The van der Waals surface area contributed by atoms with E-state index in [2.05, 4.69) is 5.10 Å². The third kappa shape index (κ3) is 2.83. The van der Waals surface area contributed by atoms with Crippen molar-refractivity contribution < 1.29 is 9.90 Å². The summed E-state index contributed by atoms with van der Waals surface area (Å²) in [6.45, 7) is 5.88. The van der Waals surface area contributed by atoms with Crippen molar-refractivity contribution >= 4 is 17.6 Å². The summed E-state index contributed by atoms with van der Waals surface area (Å²) in [5.41, 5.74) is 2.34. The van der Waals surface area contributed by atoms with Gasteiger partial charge in [-0.15, -0.1) is 0 Å². The summed E-state index contributed by atoms with van der Waals surface area (Å²) in [5, 5.41) is 13.4. The van der Waals surface area contributed by atoms with E-state index in [0.29, 0.717) is 11.6 Å². The quantitative estimate of drug-likeness (QED) is 0.807. The van der Waals surface area contributed by atoms with Crippen molar-refractivity contribution in [2.45, 2.75) is 27.3 Å². The van der Waals surface area contributed by atoms with Crippen LogP contribution in [0.15, 0.2) is 11.6 Å². The van der Waals surface area contributed by atoms with Gasteiger partial charge in [0.15, 0.2) is 0 Å². The highest BCUT2D eigenvalue weighted by molar-refractivity contribution is 6.31. The van der Waals surface area contributed by atoms with Gasteiger partial charge in [-0.2, -0.15) is 5.10 Å². The van der Waals surface area contributed by atoms with E-state index in [1.165, 1.54) is 6.08 Å². The van der Waals surface area contributed by atoms with Crippen LogP contribution in [0.4, 0.5) is 0 Å². The zero-order valence-corrected chi connectivity index (χ0v) is 9.67. The smallest absolute Gasteiger partial charge is 0.328 e. The molecule has 0 saturated heterocycles. The Morgan fingerprint density at radius 3 is 2.60 bits per heavy atom. The van der Waals surface area contributed by atoms with Gasteiger partial charge in [0.1, 0.15) is 0 Å². The van der Waals surface area contributed by atoms with Crippen LogP contribution in [0.5, 0.6) is 0 Å². The van der Waals surface area contributed by atoms with Gasteiger partial charge in [-0.1, -0.05) is 11.6 Å². The third-order valence-corrected chi connectivity index (χ3v) is 2.61. The van der Waals surface area contributed by atoms with Crippen molar-refractivity contribution in [3.8, 4) is 0 Å². The average molecular weight is 229 g/mol. The van der Waals surface area contributed by atoms with Crippen molar-refractivity contribution in [3.63, 3.8) is 0 Å². The standard InChI is InChI=1S/C10H13ClN2O2/c1-6(4-9(14)15)5-13-8(3)10(11)7(2)12-13/h4H,5H2,1-3H3,(H,14,15). The molecule has 0 aliphatic carbocycles. The lowest BCUT2D eigenvalue weighted by atomic mass is 10.3. The Balaban J connectivity index is 2.90. The van der Waals surface area contributed by atoms with Gasteiger partial charge in [-0.3, -0.25) is 4.68 Å². The number of carbonyl (C=O) groups is 1. The monoisotopic (exact) mass is 228 g/mol. The van der Waals surface area contributed by atoms with Crippen molar-refractivity contribution in [3.05, 3.63) is 28.1 Å². The minimum atomic E-state index is -0.944. The summed E-state index contributed by atoms with van der Waals surface area (Å²) in [6, 6.07) is 0. The van der Waals surface area contributed by atoms with Crippen LogP contribution in [0.25, 0.3) is 0 Å². The number of rotatable bonds is 3. The first kappa shape index (κ1) is 11.8. The van der Waals surface area contributed by atoms with E-state index in [9.17, 15) is 4.79 Å². The highest BCUT2D eigenvalue weighted by Crippen LogP contribution is 2.19. The van der Waals surface area contributed by atoms with Crippen molar-refractivity contribution in [1.82, 2.24) is 9.78 Å². The van der Waals surface area contributed by atoms with Crippen LogP contribution in [-0.4, -0.2) is 20.9 Å². The zero-order chi connectivity index (χ0) is 11.6. The molecule has 0 aromatic carbocycles. The summed E-state index contributed by atoms with van der Waals surface area (Å²) in [7, 11) is 0. The predicted octanol–water partition coefficient (Wildman–Crippen LogP) is 2.18. The summed E-state index contributed by atoms with van der Waals surface area (Å²) < 4.78 is 1.70. The Morgan fingerprint density at radius 1 is 1.60 bits per heavy atom. The number of hydrogen-bond donors (Lipinski definition) is 1. The van der Waals surface area contributed by atoms with Crippen LogP contribution in [0.2, 0.25) is 5.02 Å². The molecule has 0 bridgehead atoms. The molecule has 0 saturated carbocycles. The lowest BCUT2D eigenvalue weighted by molar-refractivity contribution is -0.131. The highest BCUT2D eigenvalue weighted by Gasteiger charge is 2.09. The summed E-state index contributed by atoms with van der Waals surface area (Å²) >= 11 is 5.97. The average Bonchev–Trinajstić information content (AvgIpc) is 2.32. The molecule has 0 amide bonds. The lowest BCUT2D eigenvalue weighted by Gasteiger charge is -2.03. The largest absolute Gasteiger partial charge is 0.478 e. The second-order valence-electron chi connectivity index (χ2n) is 3.47. The molecular weight excluding hydrogens is 216 g/mol. The zero-order valence-electron chi connectivity index (χ0n) is 8.91. The maximum absolute atomic E-state index is 10.4. The molecule has 1 heterocycles. The summed E-state index contributed by atoms with van der Waals surface area (Å²) in [6.07, 6.45) is 1.17. The highest BCUT2D eigenvalue weighted by atomic mass is 35.5. The molecule has 0 spiro atoms. The van der Waals surface area contributed by atoms with E-state index in [4.69, 9.17) is 16.7 Å². The van der Waals surface area contributed by atoms with Crippen molar-refractivity contribution in [1.29, 1.82) is 0 Å². The maximum Gasteiger partial charge on any atom is 0.328 e. The summed E-state index contributed by atoms with van der Waals surface area (Å²) in [4.78, 5) is 10.4. The predicted molar refractivity (Wildman–Crippen MR) is 58.1 cm³/mol. The first-order valence-electron chi connectivity index (χ1n) is 4.51. The second kappa shape index (κ2) is 4.49. The Bertz CT molecular complexity index is 421. The number of carboxylic acids is 1. The van der Waals surface area contributed by atoms with Crippen LogP contribution in [0, 0.1) is 13.8 Å². The van der Waals surface area contributed by atoms with Crippen LogP contribution in [-0.2, 0) is 11.3 Å². The minimum Gasteiger partial charge on any atom is -0.478 e. The van der Waals surface area contributed by atoms with E-state index >= 15 is 0 Å². The Labute approximate surface area is 93.2 Å². The molecule has 1 rings (SSSR count). The van der Waals surface area contributed by atoms with Crippen LogP contribution in [0.1, 0.15) is 18.3 Å². The van der Waals surface area contributed by atoms with Gasteiger partial charge in [0.2, 0.25) is 0 Å². The number of allylic oxidation sites excluding steroid dienone is 1. The molecule has 0 unspecified atom stereocenters. The molecular formula is C10H13ClN2O2. The number of hydrogen-bond acceptors (Lipinski definition) is 2. The fourth-order valence-corrected chi connectivity index (χ4v) is 1.46. The van der Waals surface area contributed by atoms with Crippen molar-refractivity contribution in [2.24, 2.45) is 0 Å². The molecule has 1 aromatic rings. The first-order chi connectivity index (χ1) is 6.91. The molecule has 5 heteroatoms. The van der Waals surface area contributed by atoms with E-state index in [0.717, 1.165) is 17.0 Å². The second-order valence-corrected chi connectivity index (χ2v) is 3.85. The van der Waals surface area contributed by atoms with Gasteiger partial charge in [0.05, 0.1) is 23.0 Å². The van der Waals surface area contributed by atoms with Gasteiger partial charge < -0.3 is 5.11 Å². The number of aryl methyl sites for hydroxylation is 1. The molecule has 0 atom stereocenters. The van der Waals surface area contributed by atoms with Gasteiger partial charge >= 0.3 is 5.97 Å². The SMILES string of the molecule is CC(=CC(=O)O)Cn1nc(C)c(Cl)c1C. The normalized spacial score (nSPS) is 11.9. The summed E-state index contributed by atoms with van der Waals surface area (Å²) in [5.74, 6) is -0.944. The molecule has 1 N–H and O–H groups in total. The lowest BCUT2D eigenvalue weighted by Crippen LogP contribution is -2.05. The maximum atomic E-state index is 10.4. The topological polar surface area (TPSA) is 55.1 Å². The van der Waals surface area contributed by atoms with E-state index in [1.54, 1.807) is 11.6 Å². The molecule has 1 aromatic heterocycles. The van der Waals surface area contributed by atoms with E-state index < -0.39 is 5.97 Å². The van der Waals surface area contributed by atoms with Gasteiger partial charge in [-0.25, -0.2) is 4.79 Å². The fourth-order valence-electron chi connectivity index (χ4n) is 1.32. The Hall–Kier alpha value is -1.29. The van der Waals surface area contributed by atoms with Gasteiger partial charge in [0.25, 0.3) is 0 Å². The van der Waals surface area contributed by atoms with Crippen LogP contribution < -0.4 is 0 Å². The van der Waals surface area contributed by atoms with Crippen molar-refractivity contribution in [2.75, 3.05) is 0 Å². The third-order valence-electron chi connectivity index (χ3n) is 2.06. The number of carboxylic acid groups (broad SMARTS) is 1. The molecule has 0 fully saturated rings. The minimum absolute atomic E-state index is 0.450.